The normalized spacial score (nSPS) is 11.2. The van der Waals surface area contributed by atoms with E-state index < -0.39 is 0 Å². The Hall–Kier alpha value is -3.46. The number of rotatable bonds is 24. The van der Waals surface area contributed by atoms with Crippen LogP contribution in [0.4, 0.5) is 4.39 Å². The summed E-state index contributed by atoms with van der Waals surface area (Å²) >= 11 is 0. The molecule has 0 aliphatic carbocycles. The van der Waals surface area contributed by atoms with Gasteiger partial charge in [0.15, 0.2) is 5.78 Å². The molecule has 3 heteroatoms. The second-order valence-corrected chi connectivity index (χ2v) is 12.5. The highest BCUT2D eigenvalue weighted by Crippen LogP contribution is 2.18. The van der Waals surface area contributed by atoms with E-state index in [1.54, 1.807) is 6.08 Å². The summed E-state index contributed by atoms with van der Waals surface area (Å²) in [4.78, 5) is 12.2. The van der Waals surface area contributed by atoms with Crippen LogP contribution in [-0.4, -0.2) is 12.4 Å². The van der Waals surface area contributed by atoms with Gasteiger partial charge in [-0.3, -0.25) is 4.79 Å². The SMILES string of the molecule is C=C(C)c1ccc(CCCCCCCCCCCCCCCCCCOc2ccc(/C=C/C(=O)c3ccc(F)cc3)cc2)cc1. The van der Waals surface area contributed by atoms with Crippen LogP contribution in [0.25, 0.3) is 11.6 Å². The maximum Gasteiger partial charge on any atom is 0.185 e. The van der Waals surface area contributed by atoms with E-state index in [2.05, 4.69) is 37.8 Å². The highest BCUT2D eigenvalue weighted by molar-refractivity contribution is 6.06. The molecule has 242 valence electrons. The molecule has 2 nitrogen and oxygen atoms in total. The third kappa shape index (κ3) is 15.9. The number of hydrogen-bond acceptors (Lipinski definition) is 2. The minimum absolute atomic E-state index is 0.143. The lowest BCUT2D eigenvalue weighted by Crippen LogP contribution is -1.97. The molecule has 0 aliphatic rings. The fourth-order valence-corrected chi connectivity index (χ4v) is 5.61. The molecule has 0 bridgehead atoms. The van der Waals surface area contributed by atoms with Gasteiger partial charge in [0, 0.05) is 5.56 Å². The van der Waals surface area contributed by atoms with Crippen LogP contribution >= 0.6 is 0 Å². The lowest BCUT2D eigenvalue weighted by molar-refractivity contribution is 0.104. The van der Waals surface area contributed by atoms with Crippen LogP contribution in [-0.2, 0) is 6.42 Å². The molecule has 0 fully saturated rings. The Kier molecular flexibility index (Phi) is 17.7. The first-order valence-corrected chi connectivity index (χ1v) is 17.5. The van der Waals surface area contributed by atoms with E-state index in [9.17, 15) is 9.18 Å². The molecule has 0 atom stereocenters. The fraction of sp³-hybridized carbons (Fsp3) is 0.452. The van der Waals surface area contributed by atoms with Crippen molar-refractivity contribution in [1.82, 2.24) is 0 Å². The second-order valence-electron chi connectivity index (χ2n) is 12.5. The van der Waals surface area contributed by atoms with Crippen molar-refractivity contribution in [2.24, 2.45) is 0 Å². The monoisotopic (exact) mass is 610 g/mol. The van der Waals surface area contributed by atoms with Crippen molar-refractivity contribution >= 4 is 17.4 Å². The molecule has 0 unspecified atom stereocenters. The van der Waals surface area contributed by atoms with E-state index in [-0.39, 0.29) is 11.6 Å². The Labute approximate surface area is 272 Å². The summed E-state index contributed by atoms with van der Waals surface area (Å²) in [6.07, 6.45) is 26.0. The molecule has 0 saturated heterocycles. The average Bonchev–Trinajstić information content (AvgIpc) is 3.05. The van der Waals surface area contributed by atoms with Crippen molar-refractivity contribution in [3.8, 4) is 5.75 Å². The topological polar surface area (TPSA) is 26.3 Å². The number of aryl methyl sites for hydroxylation is 1. The molecular weight excluding hydrogens is 555 g/mol. The van der Waals surface area contributed by atoms with Crippen molar-refractivity contribution in [2.75, 3.05) is 6.61 Å². The van der Waals surface area contributed by atoms with Gasteiger partial charge in [-0.1, -0.05) is 145 Å². The number of carbonyl (C=O) groups is 1. The van der Waals surface area contributed by atoms with Crippen LogP contribution < -0.4 is 4.74 Å². The lowest BCUT2D eigenvalue weighted by atomic mass is 10.0. The van der Waals surface area contributed by atoms with Crippen LogP contribution in [0.1, 0.15) is 137 Å². The molecule has 0 saturated carbocycles. The molecule has 3 aromatic carbocycles. The van der Waals surface area contributed by atoms with Crippen molar-refractivity contribution < 1.29 is 13.9 Å². The summed E-state index contributed by atoms with van der Waals surface area (Å²) in [5.74, 6) is 0.369. The van der Waals surface area contributed by atoms with Gasteiger partial charge in [0.25, 0.3) is 0 Å². The van der Waals surface area contributed by atoms with Crippen molar-refractivity contribution in [3.05, 3.63) is 114 Å². The molecule has 3 rings (SSSR count). The third-order valence-electron chi connectivity index (χ3n) is 8.51. The number of hydrogen-bond donors (Lipinski definition) is 0. The summed E-state index contributed by atoms with van der Waals surface area (Å²) in [5, 5.41) is 0. The third-order valence-corrected chi connectivity index (χ3v) is 8.51. The minimum Gasteiger partial charge on any atom is -0.494 e. The van der Waals surface area contributed by atoms with Gasteiger partial charge in [-0.25, -0.2) is 4.39 Å². The number of halogens is 1. The molecule has 45 heavy (non-hydrogen) atoms. The summed E-state index contributed by atoms with van der Waals surface area (Å²) in [6.45, 7) is 6.82. The zero-order valence-corrected chi connectivity index (χ0v) is 27.7. The maximum absolute atomic E-state index is 13.0. The van der Waals surface area contributed by atoms with Gasteiger partial charge in [0.1, 0.15) is 11.6 Å². The maximum atomic E-state index is 13.0. The lowest BCUT2D eigenvalue weighted by Gasteiger charge is -2.07. The summed E-state index contributed by atoms with van der Waals surface area (Å²) in [7, 11) is 0. The number of allylic oxidation sites excluding steroid dienone is 2. The molecule has 0 heterocycles. The van der Waals surface area contributed by atoms with Crippen LogP contribution in [0.3, 0.4) is 0 Å². The van der Waals surface area contributed by atoms with Gasteiger partial charge in [-0.05, 0) is 85.4 Å². The standard InChI is InChI=1S/C42H55FO2/c1-35(2)38-25-20-36(21-26-38)19-17-15-13-11-9-7-5-3-4-6-8-10-12-14-16-18-34-45-41-31-22-37(23-32-41)24-33-42(44)39-27-29-40(43)30-28-39/h20-33H,1,3-19,34H2,2H3/b33-24+. The van der Waals surface area contributed by atoms with Crippen molar-refractivity contribution in [1.29, 1.82) is 0 Å². The molecule has 0 aliphatic heterocycles. The van der Waals surface area contributed by atoms with E-state index in [4.69, 9.17) is 4.74 Å². The Bertz CT molecular complexity index is 1260. The first kappa shape index (κ1) is 36.0. The minimum atomic E-state index is -0.344. The van der Waals surface area contributed by atoms with Crippen molar-refractivity contribution in [2.45, 2.75) is 116 Å². The first-order valence-electron chi connectivity index (χ1n) is 17.5. The molecule has 0 spiro atoms. The molecule has 3 aromatic rings. The number of unbranched alkanes of at least 4 members (excludes halogenated alkanes) is 15. The smallest absolute Gasteiger partial charge is 0.185 e. The van der Waals surface area contributed by atoms with E-state index in [0.29, 0.717) is 5.56 Å². The van der Waals surface area contributed by atoms with Crippen LogP contribution in [0.15, 0.2) is 85.5 Å². The molecule has 0 aromatic heterocycles. The zero-order valence-electron chi connectivity index (χ0n) is 27.7. The first-order chi connectivity index (χ1) is 22.0. The second kappa shape index (κ2) is 22.1. The van der Waals surface area contributed by atoms with Gasteiger partial charge in [0.05, 0.1) is 6.61 Å². The van der Waals surface area contributed by atoms with Gasteiger partial charge >= 0.3 is 0 Å². The summed E-state index contributed by atoms with van der Waals surface area (Å²) in [6, 6.07) is 22.3. The predicted octanol–water partition coefficient (Wildman–Crippen LogP) is 12.6. The van der Waals surface area contributed by atoms with E-state index in [1.165, 1.54) is 144 Å². The summed E-state index contributed by atoms with van der Waals surface area (Å²) in [5.41, 5.74) is 5.25. The molecular formula is C42H55FO2. The van der Waals surface area contributed by atoms with Crippen LogP contribution in [0.2, 0.25) is 0 Å². The Morgan fingerprint density at radius 3 is 1.60 bits per heavy atom. The van der Waals surface area contributed by atoms with Gasteiger partial charge in [-0.15, -0.1) is 0 Å². The van der Waals surface area contributed by atoms with Gasteiger partial charge in [0.2, 0.25) is 0 Å². The predicted molar refractivity (Wildman–Crippen MR) is 190 cm³/mol. The van der Waals surface area contributed by atoms with E-state index in [0.717, 1.165) is 29.9 Å². The van der Waals surface area contributed by atoms with Gasteiger partial charge < -0.3 is 4.74 Å². The van der Waals surface area contributed by atoms with E-state index in [1.807, 2.05) is 24.3 Å². The molecule has 0 amide bonds. The molecule has 0 N–H and O–H groups in total. The number of benzene rings is 3. The quantitative estimate of drug-likeness (QED) is 0.0573. The molecule has 0 radical (unpaired) electrons. The number of carbonyl (C=O) groups excluding carboxylic acids is 1. The Balaban J connectivity index is 1.05. The Morgan fingerprint density at radius 2 is 1.09 bits per heavy atom. The van der Waals surface area contributed by atoms with E-state index >= 15 is 0 Å². The zero-order chi connectivity index (χ0) is 32.0. The van der Waals surface area contributed by atoms with Crippen LogP contribution in [0, 0.1) is 5.82 Å². The number of ketones is 1. The van der Waals surface area contributed by atoms with Crippen molar-refractivity contribution in [3.63, 3.8) is 0 Å². The van der Waals surface area contributed by atoms with Crippen LogP contribution in [0.5, 0.6) is 5.75 Å². The fourth-order valence-electron chi connectivity index (χ4n) is 5.61. The average molecular weight is 611 g/mol. The highest BCUT2D eigenvalue weighted by atomic mass is 19.1. The largest absolute Gasteiger partial charge is 0.494 e. The Morgan fingerprint density at radius 1 is 0.622 bits per heavy atom. The highest BCUT2D eigenvalue weighted by Gasteiger charge is 2.02. The summed E-state index contributed by atoms with van der Waals surface area (Å²) < 4.78 is 18.9. The number of ether oxygens (including phenoxy) is 1. The van der Waals surface area contributed by atoms with Gasteiger partial charge in [-0.2, -0.15) is 0 Å².